The number of nitrogens with zero attached hydrogens (tertiary/aromatic N) is 2. The Morgan fingerprint density at radius 3 is 2.31 bits per heavy atom. The van der Waals surface area contributed by atoms with Crippen LogP contribution < -0.4 is 0 Å². The first-order valence-electron chi connectivity index (χ1n) is 13.5. The molecule has 1 N–H and O–H groups in total. The van der Waals surface area contributed by atoms with Crippen molar-refractivity contribution in [3.63, 3.8) is 0 Å². The van der Waals surface area contributed by atoms with Gasteiger partial charge in [0.2, 0.25) is 0 Å². The van der Waals surface area contributed by atoms with E-state index >= 15 is 0 Å². The van der Waals surface area contributed by atoms with Crippen molar-refractivity contribution >= 4 is 23.2 Å². The molecule has 0 radical (unpaired) electrons. The number of hydrogen-bond donors (Lipinski definition) is 1. The average Bonchev–Trinajstić information content (AvgIpc) is 3.20. The first-order chi connectivity index (χ1) is 18.9. The van der Waals surface area contributed by atoms with E-state index in [0.29, 0.717) is 48.6 Å². The summed E-state index contributed by atoms with van der Waals surface area (Å²) < 4.78 is 6.26. The monoisotopic (exact) mass is 548 g/mol. The Hall–Kier alpha value is -3.26. The van der Waals surface area contributed by atoms with Crippen LogP contribution in [0.2, 0.25) is 5.02 Å². The Morgan fingerprint density at radius 2 is 1.64 bits per heavy atom. The number of fused-ring (bicyclic) bond motifs is 1. The summed E-state index contributed by atoms with van der Waals surface area (Å²) in [5.74, 6) is 0.803. The highest BCUT2D eigenvalue weighted by Gasteiger charge is 2.50. The summed E-state index contributed by atoms with van der Waals surface area (Å²) in [5, 5.41) is 21.2. The topological polar surface area (TPSA) is 92.9 Å². The van der Waals surface area contributed by atoms with Crippen LogP contribution in [0.25, 0.3) is 0 Å². The van der Waals surface area contributed by atoms with E-state index < -0.39 is 10.5 Å². The zero-order chi connectivity index (χ0) is 27.4. The van der Waals surface area contributed by atoms with Crippen molar-refractivity contribution in [1.29, 1.82) is 0 Å². The van der Waals surface area contributed by atoms with Crippen LogP contribution in [-0.4, -0.2) is 40.7 Å². The van der Waals surface area contributed by atoms with Gasteiger partial charge >= 0.3 is 0 Å². The lowest BCUT2D eigenvalue weighted by Crippen LogP contribution is -2.45. The molecule has 1 heterocycles. The maximum Gasteiger partial charge on any atom is 0.269 e. The number of rotatable bonds is 10. The molecule has 2 aliphatic rings. The summed E-state index contributed by atoms with van der Waals surface area (Å²) in [6.07, 6.45) is 4.73. The number of nitro groups is 1. The van der Waals surface area contributed by atoms with E-state index in [4.69, 9.17) is 16.3 Å². The predicted octanol–water partition coefficient (Wildman–Crippen LogP) is 6.35. The van der Waals surface area contributed by atoms with Gasteiger partial charge < -0.3 is 14.7 Å². The summed E-state index contributed by atoms with van der Waals surface area (Å²) in [5.41, 5.74) is 2.55. The van der Waals surface area contributed by atoms with E-state index in [0.717, 1.165) is 42.4 Å². The molecule has 1 fully saturated rings. The lowest BCUT2D eigenvalue weighted by atomic mass is 9.80. The minimum Gasteiger partial charge on any atom is -0.396 e. The second kappa shape index (κ2) is 11.9. The Kier molecular flexibility index (Phi) is 8.31. The van der Waals surface area contributed by atoms with Crippen molar-refractivity contribution in [2.45, 2.75) is 44.2 Å². The molecule has 3 aromatic rings. The molecule has 1 aliphatic heterocycles. The molecular formula is C31H33ClN2O5. The van der Waals surface area contributed by atoms with Gasteiger partial charge in [-0.3, -0.25) is 14.9 Å². The van der Waals surface area contributed by atoms with E-state index in [-0.39, 0.29) is 18.2 Å². The minimum atomic E-state index is -0.783. The third-order valence-corrected chi connectivity index (χ3v) is 8.56. The number of carbonyl (C=O) groups excluding carboxylic acids is 1. The number of hydrogen-bond acceptors (Lipinski definition) is 5. The van der Waals surface area contributed by atoms with Gasteiger partial charge in [0.15, 0.2) is 0 Å². The number of nitro benzene ring substituents is 1. The minimum absolute atomic E-state index is 0.0140. The van der Waals surface area contributed by atoms with Crippen molar-refractivity contribution < 1.29 is 19.6 Å². The quantitative estimate of drug-likeness (QED) is 0.181. The van der Waals surface area contributed by atoms with Gasteiger partial charge in [0.05, 0.1) is 10.5 Å². The van der Waals surface area contributed by atoms with Crippen LogP contribution in [0.3, 0.4) is 0 Å². The van der Waals surface area contributed by atoms with Gasteiger partial charge in [0.1, 0.15) is 0 Å². The molecule has 0 saturated heterocycles. The average molecular weight is 549 g/mol. The van der Waals surface area contributed by atoms with E-state index in [1.54, 1.807) is 12.1 Å². The molecule has 204 valence electrons. The van der Waals surface area contributed by atoms with E-state index in [1.807, 2.05) is 53.4 Å². The Morgan fingerprint density at radius 1 is 0.974 bits per heavy atom. The van der Waals surface area contributed by atoms with Crippen LogP contribution in [0.1, 0.15) is 59.2 Å². The van der Waals surface area contributed by atoms with Crippen LogP contribution in [-0.2, 0) is 16.8 Å². The molecule has 0 aromatic heterocycles. The number of benzene rings is 3. The SMILES string of the molecule is O=C1c2ccccc2C(CCOC[C@H]2CC[C@H](CO)CC2)(c2ccc(Cl)cc2)N1Cc1ccc([N+](=O)[O-])cc1. The largest absolute Gasteiger partial charge is 0.396 e. The molecule has 8 heteroatoms. The molecule has 1 atom stereocenters. The normalized spacial score (nSPS) is 22.6. The van der Waals surface area contributed by atoms with Crippen LogP contribution in [0.5, 0.6) is 0 Å². The van der Waals surface area contributed by atoms with Crippen molar-refractivity contribution in [3.05, 3.63) is 110 Å². The first-order valence-corrected chi connectivity index (χ1v) is 13.9. The number of ether oxygens (including phenoxy) is 1. The second-order valence-corrected chi connectivity index (χ2v) is 11.1. The summed E-state index contributed by atoms with van der Waals surface area (Å²) in [6.45, 7) is 1.67. The van der Waals surface area contributed by atoms with Crippen molar-refractivity contribution in [3.8, 4) is 0 Å². The van der Waals surface area contributed by atoms with Crippen LogP contribution in [0.4, 0.5) is 5.69 Å². The van der Waals surface area contributed by atoms with Crippen molar-refractivity contribution in [1.82, 2.24) is 4.90 Å². The molecule has 1 saturated carbocycles. The summed E-state index contributed by atoms with van der Waals surface area (Å²) in [6, 6.07) is 21.7. The molecule has 0 spiro atoms. The summed E-state index contributed by atoms with van der Waals surface area (Å²) >= 11 is 6.26. The zero-order valence-electron chi connectivity index (χ0n) is 21.8. The highest BCUT2D eigenvalue weighted by atomic mass is 35.5. The smallest absolute Gasteiger partial charge is 0.269 e. The third kappa shape index (κ3) is 5.57. The first kappa shape index (κ1) is 27.3. The molecule has 3 aromatic carbocycles. The number of amides is 1. The van der Waals surface area contributed by atoms with Gasteiger partial charge in [0.25, 0.3) is 11.6 Å². The van der Waals surface area contributed by atoms with Crippen LogP contribution >= 0.6 is 11.6 Å². The van der Waals surface area contributed by atoms with Crippen LogP contribution in [0.15, 0.2) is 72.8 Å². The van der Waals surface area contributed by atoms with Crippen LogP contribution in [0, 0.1) is 22.0 Å². The fourth-order valence-electron chi connectivity index (χ4n) is 6.11. The fraction of sp³-hybridized carbons (Fsp3) is 0.387. The lowest BCUT2D eigenvalue weighted by Gasteiger charge is -2.40. The van der Waals surface area contributed by atoms with E-state index in [2.05, 4.69) is 0 Å². The molecular weight excluding hydrogens is 516 g/mol. The Labute approximate surface area is 233 Å². The highest BCUT2D eigenvalue weighted by Crippen LogP contribution is 2.48. The molecule has 1 unspecified atom stereocenters. The molecule has 5 rings (SSSR count). The molecule has 1 amide bonds. The molecule has 39 heavy (non-hydrogen) atoms. The fourth-order valence-corrected chi connectivity index (χ4v) is 6.23. The van der Waals surface area contributed by atoms with E-state index in [9.17, 15) is 20.0 Å². The van der Waals surface area contributed by atoms with Gasteiger partial charge in [-0.25, -0.2) is 0 Å². The van der Waals surface area contributed by atoms with Gasteiger partial charge in [-0.15, -0.1) is 0 Å². The maximum atomic E-state index is 13.9. The molecule has 7 nitrogen and oxygen atoms in total. The number of aliphatic hydroxyl groups excluding tert-OH is 1. The summed E-state index contributed by atoms with van der Waals surface area (Å²) in [7, 11) is 0. The lowest BCUT2D eigenvalue weighted by molar-refractivity contribution is -0.384. The second-order valence-electron chi connectivity index (χ2n) is 10.6. The Bertz CT molecular complexity index is 1310. The van der Waals surface area contributed by atoms with Crippen molar-refractivity contribution in [2.75, 3.05) is 19.8 Å². The van der Waals surface area contributed by atoms with Gasteiger partial charge in [-0.2, -0.15) is 0 Å². The Balaban J connectivity index is 1.45. The summed E-state index contributed by atoms with van der Waals surface area (Å²) in [4.78, 5) is 26.5. The van der Waals surface area contributed by atoms with Crippen molar-refractivity contribution in [2.24, 2.45) is 11.8 Å². The van der Waals surface area contributed by atoms with Gasteiger partial charge in [0, 0.05) is 55.5 Å². The third-order valence-electron chi connectivity index (χ3n) is 8.30. The predicted molar refractivity (Wildman–Crippen MR) is 150 cm³/mol. The number of non-ortho nitro benzene ring substituents is 1. The van der Waals surface area contributed by atoms with E-state index in [1.165, 1.54) is 12.1 Å². The van der Waals surface area contributed by atoms with Gasteiger partial charge in [-0.05, 0) is 72.4 Å². The number of halogens is 1. The number of carbonyl (C=O) groups is 1. The maximum absolute atomic E-state index is 13.9. The standard InChI is InChI=1S/C31H33ClN2O5/c32-26-13-11-25(12-14-26)31(17-18-39-21-24-7-5-23(20-35)6-8-24)29-4-2-1-3-28(29)30(36)33(31)19-22-9-15-27(16-10-22)34(37)38/h1-4,9-16,23-24,35H,5-8,17-21H2/t23-,24-,31?. The highest BCUT2D eigenvalue weighted by molar-refractivity contribution is 6.30. The molecule has 1 aliphatic carbocycles. The molecule has 0 bridgehead atoms. The number of aliphatic hydroxyl groups is 1. The zero-order valence-corrected chi connectivity index (χ0v) is 22.6. The van der Waals surface area contributed by atoms with Gasteiger partial charge in [-0.1, -0.05) is 54.1 Å².